The van der Waals surface area contributed by atoms with Crippen LogP contribution in [0.4, 0.5) is 0 Å². The van der Waals surface area contributed by atoms with E-state index in [2.05, 4.69) is 4.98 Å². The molecule has 0 radical (unpaired) electrons. The molecular weight excluding hydrogens is 152 g/mol. The Morgan fingerprint density at radius 3 is 2.75 bits per heavy atom. The lowest BCUT2D eigenvalue weighted by atomic mass is 10.2. The normalized spacial score (nSPS) is 11.2. The maximum absolute atomic E-state index is 6.98. The maximum Gasteiger partial charge on any atom is 0.117 e. The number of nitrogens with two attached hydrogens (primary N) is 2. The van der Waals surface area contributed by atoms with Gasteiger partial charge in [0.05, 0.1) is 0 Å². The summed E-state index contributed by atoms with van der Waals surface area (Å²) in [4.78, 5) is 3.88. The van der Waals surface area contributed by atoms with E-state index in [4.69, 9.17) is 16.9 Å². The molecule has 0 aliphatic rings. The predicted molar refractivity (Wildman–Crippen MR) is 48.3 cm³/mol. The minimum absolute atomic E-state index is 0.0589. The first-order valence-electron chi connectivity index (χ1n) is 3.42. The van der Waals surface area contributed by atoms with Crippen LogP contribution in [0.25, 0.3) is 5.70 Å². The highest BCUT2D eigenvalue weighted by Crippen LogP contribution is 2.04. The summed E-state index contributed by atoms with van der Waals surface area (Å²) in [6.45, 7) is 0. The van der Waals surface area contributed by atoms with E-state index >= 15 is 0 Å². The van der Waals surface area contributed by atoms with Gasteiger partial charge in [-0.25, -0.2) is 0 Å². The SMILES string of the molecule is N=C(N)/C=C(\N)c1cccnc1. The summed E-state index contributed by atoms with van der Waals surface area (Å²) in [5, 5.41) is 6.98. The molecule has 0 fully saturated rings. The quantitative estimate of drug-likeness (QED) is 0.432. The Labute approximate surface area is 70.4 Å². The van der Waals surface area contributed by atoms with E-state index in [0.29, 0.717) is 5.70 Å². The van der Waals surface area contributed by atoms with Crippen molar-refractivity contribution in [3.8, 4) is 0 Å². The van der Waals surface area contributed by atoms with Gasteiger partial charge in [0.1, 0.15) is 5.84 Å². The third-order valence-electron chi connectivity index (χ3n) is 1.31. The van der Waals surface area contributed by atoms with Crippen molar-refractivity contribution in [2.75, 3.05) is 0 Å². The molecule has 0 aliphatic heterocycles. The van der Waals surface area contributed by atoms with E-state index in [1.807, 2.05) is 6.07 Å². The van der Waals surface area contributed by atoms with Crippen molar-refractivity contribution in [1.29, 1.82) is 5.41 Å². The minimum Gasteiger partial charge on any atom is -0.398 e. The fourth-order valence-corrected chi connectivity index (χ4v) is 0.784. The summed E-state index contributed by atoms with van der Waals surface area (Å²) < 4.78 is 0. The number of amidine groups is 1. The summed E-state index contributed by atoms with van der Waals surface area (Å²) >= 11 is 0. The molecule has 1 aromatic rings. The first kappa shape index (κ1) is 8.26. The highest BCUT2D eigenvalue weighted by atomic mass is 14.7. The number of rotatable bonds is 2. The summed E-state index contributed by atoms with van der Waals surface area (Å²) in [5.74, 6) is -0.0589. The number of hydrogen-bond donors (Lipinski definition) is 3. The van der Waals surface area contributed by atoms with Crippen LogP contribution in [0.1, 0.15) is 5.56 Å². The molecule has 5 N–H and O–H groups in total. The van der Waals surface area contributed by atoms with Crippen molar-refractivity contribution in [3.05, 3.63) is 36.2 Å². The van der Waals surface area contributed by atoms with Gasteiger partial charge in [-0.05, 0) is 12.1 Å². The third-order valence-corrected chi connectivity index (χ3v) is 1.31. The number of pyridine rings is 1. The van der Waals surface area contributed by atoms with Crippen molar-refractivity contribution in [2.24, 2.45) is 11.5 Å². The van der Waals surface area contributed by atoms with Gasteiger partial charge in [-0.15, -0.1) is 0 Å². The average molecular weight is 162 g/mol. The number of aromatic nitrogens is 1. The zero-order valence-corrected chi connectivity index (χ0v) is 6.49. The Balaban J connectivity index is 2.93. The van der Waals surface area contributed by atoms with Gasteiger partial charge in [-0.2, -0.15) is 0 Å². The lowest BCUT2D eigenvalue weighted by Gasteiger charge is -1.98. The second kappa shape index (κ2) is 3.52. The van der Waals surface area contributed by atoms with Gasteiger partial charge in [0.15, 0.2) is 0 Å². The van der Waals surface area contributed by atoms with Gasteiger partial charge in [0.2, 0.25) is 0 Å². The highest BCUT2D eigenvalue weighted by molar-refractivity contribution is 5.95. The molecule has 0 atom stereocenters. The summed E-state index contributed by atoms with van der Waals surface area (Å²) in [6, 6.07) is 3.58. The van der Waals surface area contributed by atoms with E-state index < -0.39 is 0 Å². The second-order valence-electron chi connectivity index (χ2n) is 2.30. The van der Waals surface area contributed by atoms with Crippen LogP contribution in [0.2, 0.25) is 0 Å². The number of hydrogen-bond acceptors (Lipinski definition) is 3. The van der Waals surface area contributed by atoms with Crippen molar-refractivity contribution >= 4 is 11.5 Å². The van der Waals surface area contributed by atoms with Gasteiger partial charge < -0.3 is 11.5 Å². The van der Waals surface area contributed by atoms with Crippen LogP contribution < -0.4 is 11.5 Å². The van der Waals surface area contributed by atoms with Crippen molar-refractivity contribution < 1.29 is 0 Å². The van der Waals surface area contributed by atoms with E-state index in [-0.39, 0.29) is 5.84 Å². The molecule has 0 saturated heterocycles. The largest absolute Gasteiger partial charge is 0.398 e. The molecule has 62 valence electrons. The molecule has 1 heterocycles. The molecule has 1 rings (SSSR count). The van der Waals surface area contributed by atoms with E-state index in [0.717, 1.165) is 5.56 Å². The lowest BCUT2D eigenvalue weighted by Crippen LogP contribution is -2.09. The third kappa shape index (κ3) is 2.09. The van der Waals surface area contributed by atoms with Gasteiger partial charge in [-0.1, -0.05) is 0 Å². The molecule has 4 heteroatoms. The van der Waals surface area contributed by atoms with Crippen LogP contribution in [0.15, 0.2) is 30.6 Å². The molecular formula is C8H10N4. The van der Waals surface area contributed by atoms with Gasteiger partial charge in [0, 0.05) is 29.7 Å². The molecule has 0 spiro atoms. The van der Waals surface area contributed by atoms with Crippen molar-refractivity contribution in [1.82, 2.24) is 4.98 Å². The zero-order chi connectivity index (χ0) is 8.97. The molecule has 12 heavy (non-hydrogen) atoms. The fraction of sp³-hybridized carbons (Fsp3) is 0. The first-order valence-corrected chi connectivity index (χ1v) is 3.42. The zero-order valence-electron chi connectivity index (χ0n) is 6.49. The average Bonchev–Trinajstić information content (AvgIpc) is 2.05. The summed E-state index contributed by atoms with van der Waals surface area (Å²) in [7, 11) is 0. The molecule has 1 aromatic heterocycles. The molecule has 0 aliphatic carbocycles. The molecule has 0 saturated carbocycles. The van der Waals surface area contributed by atoms with Crippen LogP contribution in [0.5, 0.6) is 0 Å². The number of nitrogens with one attached hydrogen (secondary N) is 1. The summed E-state index contributed by atoms with van der Waals surface area (Å²) in [6.07, 6.45) is 4.66. The van der Waals surface area contributed by atoms with E-state index in [9.17, 15) is 0 Å². The standard InChI is InChI=1S/C8H10N4/c9-7(4-8(10)11)6-2-1-3-12-5-6/h1-5H,9H2,(H3,10,11)/b7-4-. The van der Waals surface area contributed by atoms with Crippen LogP contribution in [0, 0.1) is 5.41 Å². The molecule has 0 aromatic carbocycles. The molecule has 0 unspecified atom stereocenters. The Bertz CT molecular complexity index is 302. The van der Waals surface area contributed by atoms with E-state index in [1.165, 1.54) is 6.08 Å². The minimum atomic E-state index is -0.0589. The Kier molecular flexibility index (Phi) is 2.42. The van der Waals surface area contributed by atoms with Crippen LogP contribution in [0.3, 0.4) is 0 Å². The van der Waals surface area contributed by atoms with Gasteiger partial charge >= 0.3 is 0 Å². The van der Waals surface area contributed by atoms with Crippen LogP contribution >= 0.6 is 0 Å². The second-order valence-corrected chi connectivity index (χ2v) is 2.30. The first-order chi connectivity index (χ1) is 5.70. The highest BCUT2D eigenvalue weighted by Gasteiger charge is 1.94. The van der Waals surface area contributed by atoms with Crippen LogP contribution in [-0.4, -0.2) is 10.8 Å². The Hall–Kier alpha value is -1.84. The van der Waals surface area contributed by atoms with Gasteiger partial charge in [0.25, 0.3) is 0 Å². The Morgan fingerprint density at radius 2 is 2.25 bits per heavy atom. The number of nitrogens with zero attached hydrogens (tertiary/aromatic N) is 1. The van der Waals surface area contributed by atoms with E-state index in [1.54, 1.807) is 18.5 Å². The predicted octanol–water partition coefficient (Wildman–Crippen LogP) is 0.317. The van der Waals surface area contributed by atoms with Crippen LogP contribution in [-0.2, 0) is 0 Å². The smallest absolute Gasteiger partial charge is 0.117 e. The topological polar surface area (TPSA) is 88.8 Å². The lowest BCUT2D eigenvalue weighted by molar-refractivity contribution is 1.30. The van der Waals surface area contributed by atoms with Crippen molar-refractivity contribution in [3.63, 3.8) is 0 Å². The summed E-state index contributed by atoms with van der Waals surface area (Å²) in [5.41, 5.74) is 12.0. The maximum atomic E-state index is 6.98. The molecule has 0 amide bonds. The monoisotopic (exact) mass is 162 g/mol. The Morgan fingerprint density at radius 1 is 1.50 bits per heavy atom. The molecule has 0 bridgehead atoms. The van der Waals surface area contributed by atoms with Gasteiger partial charge in [-0.3, -0.25) is 10.4 Å². The van der Waals surface area contributed by atoms with Crippen molar-refractivity contribution in [2.45, 2.75) is 0 Å². The molecule has 4 nitrogen and oxygen atoms in total. The fourth-order valence-electron chi connectivity index (χ4n) is 0.784.